The Bertz CT molecular complexity index is 703. The zero-order valence-corrected chi connectivity index (χ0v) is 11.3. The van der Waals surface area contributed by atoms with Crippen LogP contribution in [0.1, 0.15) is 15.9 Å². The Balaban J connectivity index is 1.90. The maximum atomic E-state index is 12.3. The number of anilines is 2. The van der Waals surface area contributed by atoms with Gasteiger partial charge in [-0.3, -0.25) is 4.79 Å². The Morgan fingerprint density at radius 2 is 2.35 bits per heavy atom. The van der Waals surface area contributed by atoms with E-state index in [2.05, 4.69) is 10.6 Å². The quantitative estimate of drug-likeness (QED) is 0.889. The molecule has 0 spiro atoms. The summed E-state index contributed by atoms with van der Waals surface area (Å²) in [6, 6.07) is 9.11. The maximum absolute atomic E-state index is 12.3. The molecule has 6 heteroatoms. The van der Waals surface area contributed by atoms with Crippen LogP contribution >= 0.6 is 11.3 Å². The van der Waals surface area contributed by atoms with Crippen LogP contribution in [0.5, 0.6) is 5.75 Å². The van der Waals surface area contributed by atoms with Crippen LogP contribution in [0, 0.1) is 11.3 Å². The Hall–Kier alpha value is -2.52. The number of hydrogen-bond acceptors (Lipinski definition) is 5. The fourth-order valence-electron chi connectivity index (χ4n) is 2.01. The van der Waals surface area contributed by atoms with Crippen LogP contribution in [-0.2, 0) is 0 Å². The molecule has 20 heavy (non-hydrogen) atoms. The molecule has 0 atom stereocenters. The lowest BCUT2D eigenvalue weighted by atomic mass is 10.1. The Morgan fingerprint density at radius 3 is 3.20 bits per heavy atom. The highest BCUT2D eigenvalue weighted by atomic mass is 32.1. The molecule has 2 aromatic rings. The van der Waals surface area contributed by atoms with E-state index in [-0.39, 0.29) is 5.91 Å². The van der Waals surface area contributed by atoms with Crippen LogP contribution < -0.4 is 15.4 Å². The number of nitrogens with one attached hydrogen (secondary N) is 2. The second-order valence-corrected chi connectivity index (χ2v) is 5.10. The van der Waals surface area contributed by atoms with Crippen LogP contribution in [0.2, 0.25) is 0 Å². The third-order valence-corrected chi connectivity index (χ3v) is 3.77. The van der Waals surface area contributed by atoms with Gasteiger partial charge in [0.15, 0.2) is 5.75 Å². The van der Waals surface area contributed by atoms with E-state index in [9.17, 15) is 4.79 Å². The van der Waals surface area contributed by atoms with Crippen LogP contribution in [0.25, 0.3) is 0 Å². The number of carbonyl (C=O) groups excluding carboxylic acids is 1. The normalized spacial score (nSPS) is 12.6. The smallest absolute Gasteiger partial charge is 0.260 e. The van der Waals surface area contributed by atoms with Crippen molar-refractivity contribution in [1.82, 2.24) is 0 Å². The van der Waals surface area contributed by atoms with E-state index in [4.69, 9.17) is 10.00 Å². The first-order valence-corrected chi connectivity index (χ1v) is 6.96. The van der Waals surface area contributed by atoms with Gasteiger partial charge in [-0.25, -0.2) is 0 Å². The fraction of sp³-hybridized carbons (Fsp3) is 0.143. The molecule has 1 amide bonds. The summed E-state index contributed by atoms with van der Waals surface area (Å²) in [6.45, 7) is 1.25. The lowest BCUT2D eigenvalue weighted by Gasteiger charge is -2.21. The second-order valence-electron chi connectivity index (χ2n) is 4.19. The van der Waals surface area contributed by atoms with Gasteiger partial charge in [0.25, 0.3) is 5.91 Å². The molecule has 2 heterocycles. The Labute approximate surface area is 119 Å². The molecule has 0 saturated heterocycles. The average Bonchev–Trinajstić information content (AvgIpc) is 2.93. The molecule has 1 aromatic heterocycles. The lowest BCUT2D eigenvalue weighted by molar-refractivity contribution is 0.102. The molecule has 100 valence electrons. The fourth-order valence-corrected chi connectivity index (χ4v) is 2.75. The van der Waals surface area contributed by atoms with E-state index >= 15 is 0 Å². The van der Waals surface area contributed by atoms with E-state index in [1.54, 1.807) is 23.6 Å². The molecule has 0 aliphatic carbocycles. The molecule has 3 rings (SSSR count). The first-order chi connectivity index (χ1) is 9.79. The monoisotopic (exact) mass is 285 g/mol. The van der Waals surface area contributed by atoms with Gasteiger partial charge in [-0.05, 0) is 23.6 Å². The van der Waals surface area contributed by atoms with Crippen molar-refractivity contribution >= 4 is 27.9 Å². The minimum atomic E-state index is -0.274. The third kappa shape index (κ3) is 2.19. The van der Waals surface area contributed by atoms with Gasteiger partial charge >= 0.3 is 0 Å². The first kappa shape index (κ1) is 12.5. The summed E-state index contributed by atoms with van der Waals surface area (Å²) in [5.41, 5.74) is 1.75. The molecular weight excluding hydrogens is 274 g/mol. The Kier molecular flexibility index (Phi) is 3.27. The number of fused-ring (bicyclic) bond motifs is 1. The van der Waals surface area contributed by atoms with Gasteiger partial charge in [-0.15, -0.1) is 11.3 Å². The van der Waals surface area contributed by atoms with Gasteiger partial charge in [-0.2, -0.15) is 5.26 Å². The largest absolute Gasteiger partial charge is 0.489 e. The van der Waals surface area contributed by atoms with E-state index in [1.165, 1.54) is 11.3 Å². The van der Waals surface area contributed by atoms with E-state index in [0.717, 1.165) is 12.2 Å². The summed E-state index contributed by atoms with van der Waals surface area (Å²) in [5.74, 6) is 0.288. The summed E-state index contributed by atoms with van der Waals surface area (Å²) in [6.07, 6.45) is 0. The third-order valence-electron chi connectivity index (χ3n) is 2.94. The molecule has 0 radical (unpaired) electrons. The van der Waals surface area contributed by atoms with E-state index in [0.29, 0.717) is 28.5 Å². The van der Waals surface area contributed by atoms with Crippen molar-refractivity contribution in [2.75, 3.05) is 23.8 Å². The molecular formula is C14H11N3O2S. The van der Waals surface area contributed by atoms with Crippen molar-refractivity contribution < 1.29 is 9.53 Å². The van der Waals surface area contributed by atoms with Gasteiger partial charge in [0, 0.05) is 6.54 Å². The molecule has 2 N–H and O–H groups in total. The van der Waals surface area contributed by atoms with E-state index in [1.807, 2.05) is 12.1 Å². The molecule has 1 aliphatic heterocycles. The molecule has 1 aromatic carbocycles. The van der Waals surface area contributed by atoms with Crippen molar-refractivity contribution in [2.24, 2.45) is 0 Å². The summed E-state index contributed by atoms with van der Waals surface area (Å²) in [5, 5.41) is 17.2. The van der Waals surface area contributed by atoms with E-state index < -0.39 is 0 Å². The van der Waals surface area contributed by atoms with Gasteiger partial charge in [-0.1, -0.05) is 6.07 Å². The molecule has 0 unspecified atom stereocenters. The van der Waals surface area contributed by atoms with Crippen molar-refractivity contribution in [1.29, 1.82) is 5.26 Å². The average molecular weight is 285 g/mol. The number of rotatable bonds is 2. The SMILES string of the molecule is N#Cc1ccsc1NC(=O)c1cccc2c1OCCN2. The van der Waals surface area contributed by atoms with Crippen molar-refractivity contribution in [2.45, 2.75) is 0 Å². The van der Waals surface area contributed by atoms with Crippen LogP contribution in [0.3, 0.4) is 0 Å². The van der Waals surface area contributed by atoms with Crippen molar-refractivity contribution in [3.63, 3.8) is 0 Å². The minimum Gasteiger partial charge on any atom is -0.489 e. The van der Waals surface area contributed by atoms with Gasteiger partial charge in [0.2, 0.25) is 0 Å². The maximum Gasteiger partial charge on any atom is 0.260 e. The standard InChI is InChI=1S/C14H11N3O2S/c15-8-9-4-7-20-14(9)17-13(18)10-2-1-3-11-12(10)19-6-5-16-11/h1-4,7,16H,5-6H2,(H,17,18). The number of amides is 1. The number of para-hydroxylation sites is 1. The van der Waals surface area contributed by atoms with Crippen molar-refractivity contribution in [3.8, 4) is 11.8 Å². The number of ether oxygens (including phenoxy) is 1. The molecule has 0 saturated carbocycles. The zero-order valence-electron chi connectivity index (χ0n) is 10.5. The summed E-state index contributed by atoms with van der Waals surface area (Å²) >= 11 is 1.32. The first-order valence-electron chi connectivity index (χ1n) is 6.08. The molecule has 0 bridgehead atoms. The number of nitrogens with zero attached hydrogens (tertiary/aromatic N) is 1. The van der Waals surface area contributed by atoms with Crippen LogP contribution in [0.15, 0.2) is 29.6 Å². The minimum absolute atomic E-state index is 0.274. The highest BCUT2D eigenvalue weighted by Gasteiger charge is 2.20. The zero-order chi connectivity index (χ0) is 13.9. The highest BCUT2D eigenvalue weighted by Crippen LogP contribution is 2.32. The number of thiophene rings is 1. The summed E-state index contributed by atoms with van der Waals surface area (Å²) in [7, 11) is 0. The van der Waals surface area contributed by atoms with Crippen LogP contribution in [-0.4, -0.2) is 19.1 Å². The Morgan fingerprint density at radius 1 is 1.45 bits per heavy atom. The summed E-state index contributed by atoms with van der Waals surface area (Å²) in [4.78, 5) is 12.3. The summed E-state index contributed by atoms with van der Waals surface area (Å²) < 4.78 is 5.57. The highest BCUT2D eigenvalue weighted by molar-refractivity contribution is 7.14. The molecule has 0 fully saturated rings. The van der Waals surface area contributed by atoms with Crippen LogP contribution in [0.4, 0.5) is 10.7 Å². The predicted octanol–water partition coefficient (Wildman–Crippen LogP) is 2.68. The topological polar surface area (TPSA) is 74.2 Å². The number of nitriles is 1. The number of benzene rings is 1. The van der Waals surface area contributed by atoms with Gasteiger partial charge in [0.05, 0.1) is 16.8 Å². The van der Waals surface area contributed by atoms with Crippen molar-refractivity contribution in [3.05, 3.63) is 40.8 Å². The molecule has 5 nitrogen and oxygen atoms in total. The molecule has 1 aliphatic rings. The predicted molar refractivity (Wildman–Crippen MR) is 77.4 cm³/mol. The lowest BCUT2D eigenvalue weighted by Crippen LogP contribution is -2.21. The second kappa shape index (κ2) is 5.23. The van der Waals surface area contributed by atoms with Gasteiger partial charge < -0.3 is 15.4 Å². The number of carbonyl (C=O) groups is 1. The van der Waals surface area contributed by atoms with Gasteiger partial charge in [0.1, 0.15) is 17.7 Å². The number of hydrogen-bond donors (Lipinski definition) is 2.